The van der Waals surface area contributed by atoms with Gasteiger partial charge in [-0.05, 0) is 13.1 Å². The summed E-state index contributed by atoms with van der Waals surface area (Å²) < 4.78 is 1.74. The van der Waals surface area contributed by atoms with Gasteiger partial charge in [-0.15, -0.1) is 0 Å². The van der Waals surface area contributed by atoms with Gasteiger partial charge < -0.3 is 14.6 Å². The average molecular weight is 215 g/mol. The molecule has 0 atom stereocenters. The van der Waals surface area contributed by atoms with Crippen LogP contribution in [0.3, 0.4) is 0 Å². The van der Waals surface area contributed by atoms with Gasteiger partial charge in [0.1, 0.15) is 5.69 Å². The highest BCUT2D eigenvalue weighted by Gasteiger charge is 2.28. The van der Waals surface area contributed by atoms with Crippen molar-refractivity contribution in [2.24, 2.45) is 0 Å². The summed E-state index contributed by atoms with van der Waals surface area (Å²) in [6.45, 7) is 1.76. The molecule has 4 nitrogen and oxygen atoms in total. The molecule has 0 unspecified atom stereocenters. The highest BCUT2D eigenvalue weighted by Crippen LogP contribution is 2.25. The molecular formula is C9H11ClN2O2. The molecule has 0 radical (unpaired) electrons. The van der Waals surface area contributed by atoms with E-state index in [0.29, 0.717) is 5.02 Å². The molecule has 14 heavy (non-hydrogen) atoms. The van der Waals surface area contributed by atoms with Gasteiger partial charge in [0.05, 0.1) is 11.1 Å². The number of likely N-dealkylation sites (tertiary alicyclic amines) is 1. The van der Waals surface area contributed by atoms with Crippen molar-refractivity contribution >= 4 is 17.6 Å². The molecule has 1 aliphatic heterocycles. The van der Waals surface area contributed by atoms with E-state index in [4.69, 9.17) is 16.7 Å². The second kappa shape index (κ2) is 3.29. The van der Waals surface area contributed by atoms with E-state index in [1.807, 2.05) is 7.05 Å². The molecular weight excluding hydrogens is 204 g/mol. The maximum absolute atomic E-state index is 10.9. The molecule has 0 bridgehead atoms. The Morgan fingerprint density at radius 3 is 2.79 bits per heavy atom. The Balaban J connectivity index is 2.28. The first kappa shape index (κ1) is 9.55. The standard InChI is InChI=1S/C9H11ClN2O2/c1-11-4-7(5-11)12-3-6(10)2-8(12)9(13)14/h2-3,7H,4-5H2,1H3,(H,13,14). The molecule has 2 heterocycles. The molecule has 76 valence electrons. The van der Waals surface area contributed by atoms with E-state index in [-0.39, 0.29) is 11.7 Å². The third kappa shape index (κ3) is 1.51. The third-order valence-electron chi connectivity index (χ3n) is 2.47. The number of carboxylic acids is 1. The lowest BCUT2D eigenvalue weighted by molar-refractivity contribution is 0.0666. The van der Waals surface area contributed by atoms with Crippen LogP contribution >= 0.6 is 11.6 Å². The number of carboxylic acid groups (broad SMARTS) is 1. The van der Waals surface area contributed by atoms with Crippen molar-refractivity contribution in [1.82, 2.24) is 9.47 Å². The lowest BCUT2D eigenvalue weighted by Crippen LogP contribution is -2.45. The van der Waals surface area contributed by atoms with Crippen molar-refractivity contribution in [3.05, 3.63) is 23.0 Å². The lowest BCUT2D eigenvalue weighted by Gasteiger charge is -2.37. The van der Waals surface area contributed by atoms with Gasteiger partial charge in [-0.1, -0.05) is 11.6 Å². The van der Waals surface area contributed by atoms with Crippen LogP contribution in [0.4, 0.5) is 0 Å². The zero-order valence-electron chi connectivity index (χ0n) is 7.77. The summed E-state index contributed by atoms with van der Waals surface area (Å²) in [5, 5.41) is 9.40. The minimum Gasteiger partial charge on any atom is -0.477 e. The van der Waals surface area contributed by atoms with Gasteiger partial charge in [-0.2, -0.15) is 0 Å². The van der Waals surface area contributed by atoms with Crippen molar-refractivity contribution in [3.63, 3.8) is 0 Å². The minimum atomic E-state index is -0.925. The molecule has 0 aromatic carbocycles. The van der Waals surface area contributed by atoms with Crippen LogP contribution in [0.5, 0.6) is 0 Å². The highest BCUT2D eigenvalue weighted by atomic mass is 35.5. The van der Waals surface area contributed by atoms with Gasteiger partial charge in [-0.3, -0.25) is 0 Å². The van der Waals surface area contributed by atoms with E-state index in [1.165, 1.54) is 6.07 Å². The van der Waals surface area contributed by atoms with Crippen LogP contribution < -0.4 is 0 Å². The van der Waals surface area contributed by atoms with Crippen LogP contribution in [0, 0.1) is 0 Å². The van der Waals surface area contributed by atoms with Crippen molar-refractivity contribution < 1.29 is 9.90 Å². The number of likely N-dealkylation sites (N-methyl/N-ethyl adjacent to an activating group) is 1. The second-order valence-electron chi connectivity index (χ2n) is 3.63. The quantitative estimate of drug-likeness (QED) is 0.808. The number of hydrogen-bond acceptors (Lipinski definition) is 2. The van der Waals surface area contributed by atoms with E-state index in [0.717, 1.165) is 13.1 Å². The van der Waals surface area contributed by atoms with Gasteiger partial charge in [0.2, 0.25) is 0 Å². The predicted octanol–water partition coefficient (Wildman–Crippen LogP) is 1.33. The van der Waals surface area contributed by atoms with E-state index >= 15 is 0 Å². The van der Waals surface area contributed by atoms with Gasteiger partial charge >= 0.3 is 5.97 Å². The number of aromatic carboxylic acids is 1. The van der Waals surface area contributed by atoms with Crippen molar-refractivity contribution in [3.8, 4) is 0 Å². The van der Waals surface area contributed by atoms with Crippen LogP contribution in [0.1, 0.15) is 16.5 Å². The van der Waals surface area contributed by atoms with Crippen LogP contribution in [0.25, 0.3) is 0 Å². The smallest absolute Gasteiger partial charge is 0.352 e. The first-order valence-corrected chi connectivity index (χ1v) is 4.75. The zero-order chi connectivity index (χ0) is 10.3. The Labute approximate surface area is 86.7 Å². The number of rotatable bonds is 2. The molecule has 1 aromatic rings. The Morgan fingerprint density at radius 1 is 1.64 bits per heavy atom. The minimum absolute atomic E-state index is 0.249. The van der Waals surface area contributed by atoms with Gasteiger partial charge in [0.25, 0.3) is 0 Å². The summed E-state index contributed by atoms with van der Waals surface area (Å²) in [6.07, 6.45) is 1.68. The summed E-state index contributed by atoms with van der Waals surface area (Å²) in [6, 6.07) is 1.74. The number of halogens is 1. The molecule has 2 rings (SSSR count). The molecule has 1 fully saturated rings. The van der Waals surface area contributed by atoms with Crippen molar-refractivity contribution in [2.75, 3.05) is 20.1 Å². The maximum Gasteiger partial charge on any atom is 0.352 e. The number of aromatic nitrogens is 1. The highest BCUT2D eigenvalue weighted by molar-refractivity contribution is 6.30. The van der Waals surface area contributed by atoms with Crippen LogP contribution in [-0.2, 0) is 0 Å². The SMILES string of the molecule is CN1CC(n2cc(Cl)cc2C(=O)O)C1. The van der Waals surface area contributed by atoms with Gasteiger partial charge in [0, 0.05) is 19.3 Å². The molecule has 0 aliphatic carbocycles. The normalized spacial score (nSPS) is 18.1. The number of carbonyl (C=O) groups is 1. The molecule has 1 aromatic heterocycles. The summed E-state index contributed by atoms with van der Waals surface area (Å²) in [5.74, 6) is -0.925. The molecule has 1 N–H and O–H groups in total. The summed E-state index contributed by atoms with van der Waals surface area (Å²) in [4.78, 5) is 13.0. The van der Waals surface area contributed by atoms with Crippen LogP contribution in [-0.4, -0.2) is 40.7 Å². The first-order valence-electron chi connectivity index (χ1n) is 4.37. The predicted molar refractivity (Wildman–Crippen MR) is 52.9 cm³/mol. The Morgan fingerprint density at radius 2 is 2.29 bits per heavy atom. The van der Waals surface area contributed by atoms with E-state index in [1.54, 1.807) is 10.8 Å². The molecule has 0 spiro atoms. The molecule has 1 saturated heterocycles. The number of nitrogens with zero attached hydrogens (tertiary/aromatic N) is 2. The number of hydrogen-bond donors (Lipinski definition) is 1. The third-order valence-corrected chi connectivity index (χ3v) is 2.68. The Bertz CT molecular complexity index is 369. The molecule has 5 heteroatoms. The Hall–Kier alpha value is -1.00. The fourth-order valence-corrected chi connectivity index (χ4v) is 1.97. The lowest BCUT2D eigenvalue weighted by atomic mass is 10.1. The molecule has 1 aliphatic rings. The second-order valence-corrected chi connectivity index (χ2v) is 4.07. The first-order chi connectivity index (χ1) is 6.58. The fourth-order valence-electron chi connectivity index (χ4n) is 1.76. The summed E-state index contributed by atoms with van der Waals surface area (Å²) in [5.41, 5.74) is 0.271. The topological polar surface area (TPSA) is 45.5 Å². The average Bonchev–Trinajstić information content (AvgIpc) is 2.41. The molecule has 0 saturated carbocycles. The van der Waals surface area contributed by atoms with Gasteiger partial charge in [0.15, 0.2) is 0 Å². The monoisotopic (exact) mass is 214 g/mol. The fraction of sp³-hybridized carbons (Fsp3) is 0.444. The van der Waals surface area contributed by atoms with E-state index in [9.17, 15) is 4.79 Å². The Kier molecular flexibility index (Phi) is 2.25. The zero-order valence-corrected chi connectivity index (χ0v) is 8.53. The van der Waals surface area contributed by atoms with E-state index < -0.39 is 5.97 Å². The van der Waals surface area contributed by atoms with E-state index in [2.05, 4.69) is 4.90 Å². The summed E-state index contributed by atoms with van der Waals surface area (Å²) >= 11 is 5.77. The summed E-state index contributed by atoms with van der Waals surface area (Å²) in [7, 11) is 2.00. The largest absolute Gasteiger partial charge is 0.477 e. The van der Waals surface area contributed by atoms with Crippen LogP contribution in [0.2, 0.25) is 5.02 Å². The van der Waals surface area contributed by atoms with Crippen molar-refractivity contribution in [2.45, 2.75) is 6.04 Å². The molecule has 0 amide bonds. The maximum atomic E-state index is 10.9. The van der Waals surface area contributed by atoms with Crippen molar-refractivity contribution in [1.29, 1.82) is 0 Å². The van der Waals surface area contributed by atoms with Gasteiger partial charge in [-0.25, -0.2) is 4.79 Å². The van der Waals surface area contributed by atoms with Crippen LogP contribution in [0.15, 0.2) is 12.3 Å².